The van der Waals surface area contributed by atoms with E-state index >= 15 is 0 Å². The first-order chi connectivity index (χ1) is 9.60. The van der Waals surface area contributed by atoms with Crippen LogP contribution in [0, 0.1) is 12.7 Å². The molecule has 1 N–H and O–H groups in total. The first kappa shape index (κ1) is 14.5. The maximum atomic E-state index is 13.8. The van der Waals surface area contributed by atoms with Gasteiger partial charge in [0.05, 0.1) is 5.69 Å². The van der Waals surface area contributed by atoms with Crippen molar-refractivity contribution >= 4 is 0 Å². The van der Waals surface area contributed by atoms with Crippen LogP contribution in [0.25, 0.3) is 0 Å². The molecule has 0 atom stereocenters. The molecule has 2 rings (SSSR count). The molecule has 20 heavy (non-hydrogen) atoms. The van der Waals surface area contributed by atoms with Crippen molar-refractivity contribution in [1.82, 2.24) is 15.1 Å². The Morgan fingerprint density at radius 3 is 2.80 bits per heavy atom. The van der Waals surface area contributed by atoms with Gasteiger partial charge in [0.25, 0.3) is 0 Å². The Morgan fingerprint density at radius 1 is 1.35 bits per heavy atom. The summed E-state index contributed by atoms with van der Waals surface area (Å²) in [7, 11) is 1.81. The first-order valence-corrected chi connectivity index (χ1v) is 6.71. The topological polar surface area (TPSA) is 39.1 Å². The molecule has 2 aromatic rings. The summed E-state index contributed by atoms with van der Waals surface area (Å²) in [6.07, 6.45) is 0. The number of hydrogen-bond acceptors (Lipinski definition) is 3. The molecule has 1 aromatic heterocycles. The largest absolute Gasteiger partial charge is 0.473 e. The Kier molecular flexibility index (Phi) is 4.74. The van der Waals surface area contributed by atoms with Crippen LogP contribution in [-0.4, -0.2) is 16.3 Å². The number of aryl methyl sites for hydroxylation is 2. The van der Waals surface area contributed by atoms with Gasteiger partial charge >= 0.3 is 0 Å². The third kappa shape index (κ3) is 3.57. The average molecular weight is 277 g/mol. The molecule has 0 aliphatic rings. The van der Waals surface area contributed by atoms with Crippen molar-refractivity contribution in [2.45, 2.75) is 27.0 Å². The Balaban J connectivity index is 2.06. The molecule has 0 fully saturated rings. The van der Waals surface area contributed by atoms with Gasteiger partial charge in [0.15, 0.2) is 0 Å². The molecule has 0 amide bonds. The highest BCUT2D eigenvalue weighted by atomic mass is 19.1. The lowest BCUT2D eigenvalue weighted by atomic mass is 10.1. The van der Waals surface area contributed by atoms with Crippen LogP contribution in [0.3, 0.4) is 0 Å². The molecule has 108 valence electrons. The van der Waals surface area contributed by atoms with Crippen LogP contribution in [0.4, 0.5) is 4.39 Å². The predicted octanol–water partition coefficient (Wildman–Crippen LogP) is 2.56. The third-order valence-corrected chi connectivity index (χ3v) is 3.02. The lowest BCUT2D eigenvalue weighted by molar-refractivity contribution is 0.273. The number of ether oxygens (including phenoxy) is 1. The van der Waals surface area contributed by atoms with E-state index in [1.807, 2.05) is 26.0 Å². The van der Waals surface area contributed by atoms with Crippen molar-refractivity contribution in [1.29, 1.82) is 0 Å². The lowest BCUT2D eigenvalue weighted by Gasteiger charge is -2.09. The molecule has 1 aromatic carbocycles. The summed E-state index contributed by atoms with van der Waals surface area (Å²) >= 11 is 0. The summed E-state index contributed by atoms with van der Waals surface area (Å²) in [5, 5.41) is 7.41. The number of benzene rings is 1. The van der Waals surface area contributed by atoms with Crippen LogP contribution in [0.2, 0.25) is 0 Å². The number of nitrogens with one attached hydrogen (secondary N) is 1. The summed E-state index contributed by atoms with van der Waals surface area (Å²) in [6.45, 7) is 5.75. The fourth-order valence-electron chi connectivity index (χ4n) is 1.99. The minimum atomic E-state index is -0.246. The quantitative estimate of drug-likeness (QED) is 0.882. The minimum absolute atomic E-state index is 0.199. The number of rotatable bonds is 6. The van der Waals surface area contributed by atoms with Gasteiger partial charge in [-0.2, -0.15) is 5.10 Å². The van der Waals surface area contributed by atoms with Crippen molar-refractivity contribution in [3.05, 3.63) is 46.9 Å². The van der Waals surface area contributed by atoms with Crippen LogP contribution in [0.15, 0.2) is 24.3 Å². The van der Waals surface area contributed by atoms with E-state index in [0.29, 0.717) is 11.4 Å². The monoisotopic (exact) mass is 277 g/mol. The molecule has 0 radical (unpaired) electrons. The predicted molar refractivity (Wildman–Crippen MR) is 76.1 cm³/mol. The summed E-state index contributed by atoms with van der Waals surface area (Å²) < 4.78 is 21.1. The van der Waals surface area contributed by atoms with Gasteiger partial charge in [-0.05, 0) is 31.2 Å². The molecule has 0 aliphatic carbocycles. The smallest absolute Gasteiger partial charge is 0.212 e. The van der Waals surface area contributed by atoms with Crippen molar-refractivity contribution in [2.75, 3.05) is 6.54 Å². The minimum Gasteiger partial charge on any atom is -0.473 e. The van der Waals surface area contributed by atoms with Crippen LogP contribution in [0.5, 0.6) is 5.88 Å². The SMILES string of the molecule is CCNCc1ccc(F)c(COc2cc(C)nn2C)c1. The molecule has 0 saturated carbocycles. The van der Waals surface area contributed by atoms with E-state index in [9.17, 15) is 4.39 Å². The zero-order valence-electron chi connectivity index (χ0n) is 12.1. The van der Waals surface area contributed by atoms with Gasteiger partial charge in [-0.1, -0.05) is 13.0 Å². The maximum Gasteiger partial charge on any atom is 0.212 e. The number of hydrogen-bond donors (Lipinski definition) is 1. The van der Waals surface area contributed by atoms with Crippen LogP contribution in [0.1, 0.15) is 23.7 Å². The van der Waals surface area contributed by atoms with E-state index in [4.69, 9.17) is 4.74 Å². The molecule has 0 spiro atoms. The summed E-state index contributed by atoms with van der Waals surface area (Å²) in [5.41, 5.74) is 2.48. The van der Waals surface area contributed by atoms with Gasteiger partial charge in [0, 0.05) is 25.2 Å². The van der Waals surface area contributed by atoms with Gasteiger partial charge in [0.2, 0.25) is 5.88 Å². The second-order valence-electron chi connectivity index (χ2n) is 4.74. The van der Waals surface area contributed by atoms with Crippen molar-refractivity contribution < 1.29 is 9.13 Å². The highest BCUT2D eigenvalue weighted by Crippen LogP contribution is 2.16. The molecule has 0 saturated heterocycles. The third-order valence-electron chi connectivity index (χ3n) is 3.02. The van der Waals surface area contributed by atoms with E-state index in [0.717, 1.165) is 24.3 Å². The highest BCUT2D eigenvalue weighted by molar-refractivity contribution is 5.25. The van der Waals surface area contributed by atoms with Gasteiger partial charge in [-0.15, -0.1) is 0 Å². The molecule has 1 heterocycles. The fraction of sp³-hybridized carbons (Fsp3) is 0.400. The number of nitrogens with zero attached hydrogens (tertiary/aromatic N) is 2. The molecule has 4 nitrogen and oxygen atoms in total. The molecule has 0 unspecified atom stereocenters. The average Bonchev–Trinajstić information content (AvgIpc) is 2.74. The second kappa shape index (κ2) is 6.52. The maximum absolute atomic E-state index is 13.8. The Morgan fingerprint density at radius 2 is 2.15 bits per heavy atom. The van der Waals surface area contributed by atoms with Crippen molar-refractivity contribution in [3.8, 4) is 5.88 Å². The zero-order chi connectivity index (χ0) is 14.5. The molecular weight excluding hydrogens is 257 g/mol. The van der Waals surface area contributed by atoms with E-state index in [-0.39, 0.29) is 12.4 Å². The van der Waals surface area contributed by atoms with E-state index in [2.05, 4.69) is 10.4 Å². The standard InChI is InChI=1S/C15H20FN3O/c1-4-17-9-12-5-6-14(16)13(8-12)10-20-15-7-11(2)18-19(15)3/h5-8,17H,4,9-10H2,1-3H3. The molecule has 5 heteroatoms. The Bertz CT molecular complexity index is 580. The number of halogens is 1. The lowest BCUT2D eigenvalue weighted by Crippen LogP contribution is -2.12. The molecule has 0 aliphatic heterocycles. The van der Waals surface area contributed by atoms with E-state index in [1.165, 1.54) is 6.07 Å². The molecular formula is C15H20FN3O. The van der Waals surface area contributed by atoms with E-state index in [1.54, 1.807) is 17.8 Å². The highest BCUT2D eigenvalue weighted by Gasteiger charge is 2.07. The fourth-order valence-corrected chi connectivity index (χ4v) is 1.99. The summed E-state index contributed by atoms with van der Waals surface area (Å²) in [5.74, 6) is 0.392. The number of aromatic nitrogens is 2. The second-order valence-corrected chi connectivity index (χ2v) is 4.74. The van der Waals surface area contributed by atoms with Crippen LogP contribution >= 0.6 is 0 Å². The van der Waals surface area contributed by atoms with Gasteiger partial charge in [0.1, 0.15) is 12.4 Å². The Hall–Kier alpha value is -1.88. The summed E-state index contributed by atoms with van der Waals surface area (Å²) in [4.78, 5) is 0. The van der Waals surface area contributed by atoms with Gasteiger partial charge in [-0.3, -0.25) is 0 Å². The van der Waals surface area contributed by atoms with Gasteiger partial charge in [-0.25, -0.2) is 9.07 Å². The first-order valence-electron chi connectivity index (χ1n) is 6.71. The molecule has 0 bridgehead atoms. The Labute approximate surface area is 118 Å². The van der Waals surface area contributed by atoms with Crippen LogP contribution in [-0.2, 0) is 20.2 Å². The van der Waals surface area contributed by atoms with Crippen LogP contribution < -0.4 is 10.1 Å². The van der Waals surface area contributed by atoms with Crippen molar-refractivity contribution in [2.24, 2.45) is 7.05 Å². The summed E-state index contributed by atoms with van der Waals surface area (Å²) in [6, 6.07) is 6.94. The normalized spacial score (nSPS) is 10.8. The van der Waals surface area contributed by atoms with Crippen molar-refractivity contribution in [3.63, 3.8) is 0 Å². The van der Waals surface area contributed by atoms with E-state index < -0.39 is 0 Å². The van der Waals surface area contributed by atoms with Gasteiger partial charge < -0.3 is 10.1 Å². The zero-order valence-corrected chi connectivity index (χ0v) is 12.1.